The average Bonchev–Trinajstić information content (AvgIpc) is 3.84. The number of fused-ring (bicyclic) bond motifs is 9. The molecule has 0 aliphatic rings. The smallest absolute Gasteiger partial charge is 0.166 e. The van der Waals surface area contributed by atoms with E-state index in [-0.39, 0.29) is 0 Å². The fourth-order valence-corrected chi connectivity index (χ4v) is 9.82. The zero-order valence-corrected chi connectivity index (χ0v) is 31.9. The fourth-order valence-electron chi connectivity index (χ4n) is 8.61. The van der Waals surface area contributed by atoms with Gasteiger partial charge in [0.1, 0.15) is 0 Å². The summed E-state index contributed by atoms with van der Waals surface area (Å²) in [6.07, 6.45) is 0. The first kappa shape index (κ1) is 32.7. The number of aromatic nitrogens is 5. The van der Waals surface area contributed by atoms with E-state index >= 15 is 0 Å². The zero-order chi connectivity index (χ0) is 38.2. The summed E-state index contributed by atoms with van der Waals surface area (Å²) in [6, 6.07) is 66.1. The number of pyridine rings is 1. The lowest BCUT2D eigenvalue weighted by molar-refractivity contribution is 1.07. The molecule has 12 rings (SSSR count). The van der Waals surface area contributed by atoms with Crippen LogP contribution in [0.3, 0.4) is 0 Å². The van der Waals surface area contributed by atoms with Crippen LogP contribution in [0.4, 0.5) is 0 Å². The topological polar surface area (TPSA) is 56.5 Å². The molecule has 4 aromatic heterocycles. The van der Waals surface area contributed by atoms with E-state index in [1.807, 2.05) is 18.2 Å². The summed E-state index contributed by atoms with van der Waals surface area (Å²) in [5.41, 5.74) is 9.05. The molecular weight excluding hydrogens is 727 g/mol. The lowest BCUT2D eigenvalue weighted by Crippen LogP contribution is -2.02. The quantitative estimate of drug-likeness (QED) is 0.164. The van der Waals surface area contributed by atoms with Crippen molar-refractivity contribution in [1.29, 1.82) is 0 Å². The third-order valence-electron chi connectivity index (χ3n) is 11.2. The molecule has 0 radical (unpaired) electrons. The van der Waals surface area contributed by atoms with Gasteiger partial charge in [-0.25, -0.2) is 19.9 Å². The van der Waals surface area contributed by atoms with Crippen molar-refractivity contribution in [3.8, 4) is 51.1 Å². The highest BCUT2D eigenvalue weighted by molar-refractivity contribution is 7.26. The van der Waals surface area contributed by atoms with E-state index in [0.29, 0.717) is 17.5 Å². The molecule has 0 bridgehead atoms. The third-order valence-corrected chi connectivity index (χ3v) is 12.4. The first-order valence-corrected chi connectivity index (χ1v) is 20.2. The Bertz CT molecular complexity index is 3560. The molecule has 6 heteroatoms. The maximum atomic E-state index is 5.39. The largest absolute Gasteiger partial charge is 0.308 e. The van der Waals surface area contributed by atoms with E-state index in [1.54, 1.807) is 11.3 Å². The van der Waals surface area contributed by atoms with Crippen molar-refractivity contribution >= 4 is 75.0 Å². The number of hydrogen-bond donors (Lipinski definition) is 0. The molecule has 5 nitrogen and oxygen atoms in total. The summed E-state index contributed by atoms with van der Waals surface area (Å²) in [4.78, 5) is 21.1. The van der Waals surface area contributed by atoms with Gasteiger partial charge in [0.15, 0.2) is 17.5 Å². The van der Waals surface area contributed by atoms with Gasteiger partial charge in [0.05, 0.1) is 22.2 Å². The molecule has 0 atom stereocenters. The molecule has 8 aromatic carbocycles. The summed E-state index contributed by atoms with van der Waals surface area (Å²) in [7, 11) is 0. The molecule has 12 aromatic rings. The van der Waals surface area contributed by atoms with Crippen LogP contribution in [-0.2, 0) is 0 Å². The van der Waals surface area contributed by atoms with Crippen LogP contribution in [0.5, 0.6) is 0 Å². The van der Waals surface area contributed by atoms with Crippen molar-refractivity contribution in [3.63, 3.8) is 0 Å². The Morgan fingerprint density at radius 2 is 0.983 bits per heavy atom. The summed E-state index contributed by atoms with van der Waals surface area (Å²) >= 11 is 1.78. The maximum absolute atomic E-state index is 5.39. The van der Waals surface area contributed by atoms with Gasteiger partial charge in [-0.1, -0.05) is 140 Å². The molecule has 0 aliphatic heterocycles. The molecular formula is C52H31N5S. The fraction of sp³-hybridized carbons (Fsp3) is 0. The highest BCUT2D eigenvalue weighted by Crippen LogP contribution is 2.44. The zero-order valence-electron chi connectivity index (χ0n) is 31.0. The Hall–Kier alpha value is -7.54. The highest BCUT2D eigenvalue weighted by atomic mass is 32.1. The number of para-hydroxylation sites is 3. The second kappa shape index (κ2) is 13.0. The molecule has 0 saturated carbocycles. The van der Waals surface area contributed by atoms with Gasteiger partial charge >= 0.3 is 0 Å². The van der Waals surface area contributed by atoms with Gasteiger partial charge in [-0.05, 0) is 53.9 Å². The summed E-state index contributed by atoms with van der Waals surface area (Å²) in [5, 5.41) is 8.11. The Kier molecular flexibility index (Phi) is 7.33. The van der Waals surface area contributed by atoms with Crippen LogP contribution in [-0.4, -0.2) is 24.5 Å². The van der Waals surface area contributed by atoms with Crippen LogP contribution in [0, 0.1) is 0 Å². The molecule has 0 unspecified atom stereocenters. The van der Waals surface area contributed by atoms with Crippen molar-refractivity contribution in [1.82, 2.24) is 24.5 Å². The van der Waals surface area contributed by atoms with E-state index in [2.05, 4.69) is 174 Å². The van der Waals surface area contributed by atoms with Crippen LogP contribution in [0.25, 0.3) is 115 Å². The lowest BCUT2D eigenvalue weighted by Gasteiger charge is -2.14. The molecule has 0 N–H and O–H groups in total. The van der Waals surface area contributed by atoms with Gasteiger partial charge < -0.3 is 4.57 Å². The lowest BCUT2D eigenvalue weighted by atomic mass is 9.98. The number of benzene rings is 8. The average molecular weight is 758 g/mol. The summed E-state index contributed by atoms with van der Waals surface area (Å²) in [5.74, 6) is 1.90. The summed E-state index contributed by atoms with van der Waals surface area (Å²) in [6.45, 7) is 0. The molecule has 0 amide bonds. The molecule has 58 heavy (non-hydrogen) atoms. The van der Waals surface area contributed by atoms with Gasteiger partial charge in [0.2, 0.25) is 0 Å². The van der Waals surface area contributed by atoms with Crippen LogP contribution < -0.4 is 0 Å². The minimum Gasteiger partial charge on any atom is -0.308 e. The minimum atomic E-state index is 0.620. The second-order valence-corrected chi connectivity index (χ2v) is 15.6. The van der Waals surface area contributed by atoms with Crippen LogP contribution in [0.2, 0.25) is 0 Å². The van der Waals surface area contributed by atoms with Crippen LogP contribution in [0.15, 0.2) is 188 Å². The van der Waals surface area contributed by atoms with Crippen molar-refractivity contribution in [2.24, 2.45) is 0 Å². The predicted octanol–water partition coefficient (Wildman–Crippen LogP) is 13.7. The van der Waals surface area contributed by atoms with E-state index in [0.717, 1.165) is 71.7 Å². The number of rotatable bonds is 5. The predicted molar refractivity (Wildman–Crippen MR) is 242 cm³/mol. The van der Waals surface area contributed by atoms with Gasteiger partial charge in [-0.15, -0.1) is 11.3 Å². The van der Waals surface area contributed by atoms with Crippen molar-refractivity contribution < 1.29 is 0 Å². The number of thiophene rings is 1. The highest BCUT2D eigenvalue weighted by Gasteiger charge is 2.23. The molecule has 4 heterocycles. The Balaban J connectivity index is 1.19. The van der Waals surface area contributed by atoms with E-state index in [9.17, 15) is 0 Å². The maximum Gasteiger partial charge on any atom is 0.166 e. The monoisotopic (exact) mass is 757 g/mol. The second-order valence-electron chi connectivity index (χ2n) is 14.6. The Labute approximate surface area is 337 Å². The molecule has 270 valence electrons. The number of nitrogens with zero attached hydrogens (tertiary/aromatic N) is 5. The van der Waals surface area contributed by atoms with E-state index in [4.69, 9.17) is 19.9 Å². The van der Waals surface area contributed by atoms with Gasteiger partial charge in [0, 0.05) is 69.7 Å². The normalized spacial score (nSPS) is 11.8. The molecule has 0 spiro atoms. The molecule has 0 aliphatic carbocycles. The van der Waals surface area contributed by atoms with Gasteiger partial charge in [0.25, 0.3) is 0 Å². The first-order chi connectivity index (χ1) is 28.8. The Morgan fingerprint density at radius 1 is 0.379 bits per heavy atom. The molecule has 0 fully saturated rings. The standard InChI is InChI=1S/C52H31N5S/c1-4-16-32(17-5-1)47-43-31-45-42(30-41(43)35-22-10-12-28-44(35)53-47)37-24-14-26-39(48(37)57(45)34-20-8-3-9-21-34)51-54-50(33-18-6-2-7-19-33)55-52(56-51)40-27-15-25-38-36-23-11-13-29-46(36)58-49(38)40/h1-31H. The van der Waals surface area contributed by atoms with Crippen molar-refractivity contribution in [3.05, 3.63) is 188 Å². The third kappa shape index (κ3) is 5.09. The number of hydrogen-bond acceptors (Lipinski definition) is 5. The summed E-state index contributed by atoms with van der Waals surface area (Å²) < 4.78 is 4.78. The minimum absolute atomic E-state index is 0.620. The van der Waals surface area contributed by atoms with Gasteiger partial charge in [-0.3, -0.25) is 0 Å². The van der Waals surface area contributed by atoms with E-state index < -0.39 is 0 Å². The molecule has 0 saturated heterocycles. The SMILES string of the molecule is c1ccc(-c2nc(-c3cccc4c3sc3ccccc34)nc(-c3cccc4c5cc6c(cc5n(-c5ccccc5)c34)c(-c3ccccc3)nc3ccccc36)n2)cc1. The van der Waals surface area contributed by atoms with E-state index in [1.165, 1.54) is 25.6 Å². The van der Waals surface area contributed by atoms with Crippen molar-refractivity contribution in [2.75, 3.05) is 0 Å². The first-order valence-electron chi connectivity index (χ1n) is 19.4. The van der Waals surface area contributed by atoms with Crippen LogP contribution in [0.1, 0.15) is 0 Å². The Morgan fingerprint density at radius 3 is 1.78 bits per heavy atom. The van der Waals surface area contributed by atoms with Crippen LogP contribution >= 0.6 is 11.3 Å². The van der Waals surface area contributed by atoms with Gasteiger partial charge in [-0.2, -0.15) is 0 Å². The van der Waals surface area contributed by atoms with Crippen molar-refractivity contribution in [2.45, 2.75) is 0 Å².